The Hall–Kier alpha value is -2.07. The Kier molecular flexibility index (Phi) is 11.2. The summed E-state index contributed by atoms with van der Waals surface area (Å²) < 4.78 is 10.4. The molecule has 1 heterocycles. The fraction of sp³-hybridized carbons (Fsp3) is 0.368. The van der Waals surface area contributed by atoms with Gasteiger partial charge in [0.1, 0.15) is 0 Å². The number of halogens is 1. The summed E-state index contributed by atoms with van der Waals surface area (Å²) in [5.41, 5.74) is 1.74. The maximum atomic E-state index is 12.0. The molecule has 1 aromatic carbocycles. The first-order valence-electron chi connectivity index (χ1n) is 8.69. The van der Waals surface area contributed by atoms with E-state index in [-0.39, 0.29) is 35.6 Å². The minimum absolute atomic E-state index is 0. The van der Waals surface area contributed by atoms with Gasteiger partial charge in [-0.25, -0.2) is 0 Å². The second kappa shape index (κ2) is 13.2. The van der Waals surface area contributed by atoms with Gasteiger partial charge in [0.2, 0.25) is 0 Å². The largest absolute Gasteiger partial charge is 0.459 e. The van der Waals surface area contributed by atoms with Crippen LogP contribution < -0.4 is 16.0 Å². The van der Waals surface area contributed by atoms with Crippen LogP contribution in [0.1, 0.15) is 29.5 Å². The Balaban J connectivity index is 0.00000364. The number of carbonyl (C=O) groups excluding carboxylic acids is 1. The maximum absolute atomic E-state index is 12.0. The van der Waals surface area contributed by atoms with Crippen LogP contribution in [0.4, 0.5) is 5.69 Å². The molecule has 0 saturated heterocycles. The van der Waals surface area contributed by atoms with Gasteiger partial charge in [-0.1, -0.05) is 12.1 Å². The molecule has 0 fully saturated rings. The maximum Gasteiger partial charge on any atom is 0.291 e. The molecule has 1 amide bonds. The van der Waals surface area contributed by atoms with Crippen LogP contribution in [0.2, 0.25) is 0 Å². The van der Waals surface area contributed by atoms with Gasteiger partial charge >= 0.3 is 0 Å². The molecule has 0 saturated carbocycles. The van der Waals surface area contributed by atoms with Crippen LogP contribution in [0, 0.1) is 0 Å². The summed E-state index contributed by atoms with van der Waals surface area (Å²) in [7, 11) is 1.73. The molecule has 0 aliphatic carbocycles. The van der Waals surface area contributed by atoms with E-state index in [4.69, 9.17) is 9.15 Å². The molecular formula is C19H27IN4O3. The van der Waals surface area contributed by atoms with Crippen LogP contribution in [-0.4, -0.2) is 38.7 Å². The zero-order valence-electron chi connectivity index (χ0n) is 15.7. The lowest BCUT2D eigenvalue weighted by molar-refractivity contribution is 0.0996. The van der Waals surface area contributed by atoms with Crippen molar-refractivity contribution in [3.05, 3.63) is 54.0 Å². The number of aliphatic imine (C=N–C) groups is 1. The number of hydrogen-bond acceptors (Lipinski definition) is 4. The first-order chi connectivity index (χ1) is 12.7. The number of ether oxygens (including phenoxy) is 1. The number of furan rings is 1. The van der Waals surface area contributed by atoms with Gasteiger partial charge in [-0.05, 0) is 43.2 Å². The SMILES string of the molecule is CCOCCCNC(=NC)NCc1cccc(NC(=O)c2ccco2)c1.I. The van der Waals surface area contributed by atoms with Gasteiger partial charge in [-0.3, -0.25) is 9.79 Å². The van der Waals surface area contributed by atoms with Crippen LogP contribution in [0.25, 0.3) is 0 Å². The van der Waals surface area contributed by atoms with E-state index >= 15 is 0 Å². The highest BCUT2D eigenvalue weighted by Crippen LogP contribution is 2.12. The predicted molar refractivity (Wildman–Crippen MR) is 118 cm³/mol. The van der Waals surface area contributed by atoms with E-state index in [0.717, 1.165) is 37.7 Å². The molecule has 0 unspecified atom stereocenters. The number of nitrogens with one attached hydrogen (secondary N) is 3. The number of anilines is 1. The molecular weight excluding hydrogens is 459 g/mol. The fourth-order valence-corrected chi connectivity index (χ4v) is 2.29. The van der Waals surface area contributed by atoms with E-state index in [1.54, 1.807) is 19.2 Å². The minimum Gasteiger partial charge on any atom is -0.459 e. The number of carbonyl (C=O) groups is 1. The standard InChI is InChI=1S/C19H26N4O3.HI/c1-3-25-11-6-10-21-19(20-2)22-14-15-7-4-8-16(13-15)23-18(24)17-9-5-12-26-17;/h4-5,7-9,12-13H,3,6,10-11,14H2,1-2H3,(H,23,24)(H2,20,21,22);1H. The average molecular weight is 486 g/mol. The highest BCUT2D eigenvalue weighted by atomic mass is 127. The van der Waals surface area contributed by atoms with Gasteiger partial charge in [0, 0.05) is 39.0 Å². The van der Waals surface area contributed by atoms with E-state index in [1.165, 1.54) is 6.26 Å². The first-order valence-corrected chi connectivity index (χ1v) is 8.69. The number of nitrogens with zero attached hydrogens (tertiary/aromatic N) is 1. The molecule has 8 heteroatoms. The third-order valence-corrected chi connectivity index (χ3v) is 3.58. The number of hydrogen-bond donors (Lipinski definition) is 3. The van der Waals surface area contributed by atoms with E-state index in [2.05, 4.69) is 20.9 Å². The van der Waals surface area contributed by atoms with Crippen molar-refractivity contribution >= 4 is 41.5 Å². The lowest BCUT2D eigenvalue weighted by atomic mass is 10.2. The minimum atomic E-state index is -0.271. The third kappa shape index (κ3) is 8.44. The summed E-state index contributed by atoms with van der Waals surface area (Å²) in [5, 5.41) is 9.31. The van der Waals surface area contributed by atoms with Gasteiger partial charge < -0.3 is 25.1 Å². The van der Waals surface area contributed by atoms with Crippen LogP contribution in [0.15, 0.2) is 52.1 Å². The van der Waals surface area contributed by atoms with E-state index in [0.29, 0.717) is 12.2 Å². The molecule has 0 aliphatic heterocycles. The second-order valence-electron chi connectivity index (χ2n) is 5.53. The molecule has 148 valence electrons. The van der Waals surface area contributed by atoms with Crippen molar-refractivity contribution in [3.63, 3.8) is 0 Å². The summed E-state index contributed by atoms with van der Waals surface area (Å²) in [6.45, 7) is 4.84. The Morgan fingerprint density at radius 3 is 2.78 bits per heavy atom. The van der Waals surface area contributed by atoms with Crippen LogP contribution in [0.5, 0.6) is 0 Å². The zero-order valence-corrected chi connectivity index (χ0v) is 18.0. The first kappa shape index (κ1) is 23.0. The van der Waals surface area contributed by atoms with Crippen LogP contribution >= 0.6 is 24.0 Å². The highest BCUT2D eigenvalue weighted by Gasteiger charge is 2.08. The molecule has 0 spiro atoms. The van der Waals surface area contributed by atoms with E-state index < -0.39 is 0 Å². The molecule has 2 aromatic rings. The quantitative estimate of drug-likeness (QED) is 0.219. The highest BCUT2D eigenvalue weighted by molar-refractivity contribution is 14.0. The second-order valence-corrected chi connectivity index (χ2v) is 5.53. The van der Waals surface area contributed by atoms with Crippen molar-refractivity contribution in [2.45, 2.75) is 19.9 Å². The van der Waals surface area contributed by atoms with Crippen molar-refractivity contribution in [2.24, 2.45) is 4.99 Å². The fourth-order valence-electron chi connectivity index (χ4n) is 2.29. The van der Waals surface area contributed by atoms with Crippen molar-refractivity contribution in [2.75, 3.05) is 32.1 Å². The summed E-state index contributed by atoms with van der Waals surface area (Å²) >= 11 is 0. The van der Waals surface area contributed by atoms with Crippen LogP contribution in [-0.2, 0) is 11.3 Å². The van der Waals surface area contributed by atoms with Gasteiger partial charge in [0.15, 0.2) is 11.7 Å². The molecule has 0 radical (unpaired) electrons. The zero-order chi connectivity index (χ0) is 18.6. The van der Waals surface area contributed by atoms with Gasteiger partial charge in [-0.15, -0.1) is 24.0 Å². The molecule has 0 atom stereocenters. The Morgan fingerprint density at radius 2 is 2.07 bits per heavy atom. The average Bonchev–Trinajstić information content (AvgIpc) is 3.19. The summed E-state index contributed by atoms with van der Waals surface area (Å²) in [6, 6.07) is 10.9. The number of guanidine groups is 1. The molecule has 0 aliphatic rings. The number of rotatable bonds is 9. The molecule has 7 nitrogen and oxygen atoms in total. The molecule has 2 rings (SSSR count). The normalized spacial score (nSPS) is 10.8. The topological polar surface area (TPSA) is 87.9 Å². The predicted octanol–water partition coefficient (Wildman–Crippen LogP) is 3.24. The Morgan fingerprint density at radius 1 is 1.22 bits per heavy atom. The molecule has 0 bridgehead atoms. The lowest BCUT2D eigenvalue weighted by Crippen LogP contribution is -2.37. The number of benzene rings is 1. The van der Waals surface area contributed by atoms with Gasteiger partial charge in [0.05, 0.1) is 6.26 Å². The van der Waals surface area contributed by atoms with Crippen molar-refractivity contribution < 1.29 is 13.9 Å². The monoisotopic (exact) mass is 486 g/mol. The van der Waals surface area contributed by atoms with Crippen molar-refractivity contribution in [1.82, 2.24) is 10.6 Å². The third-order valence-electron chi connectivity index (χ3n) is 3.58. The Labute approximate surface area is 177 Å². The molecule has 3 N–H and O–H groups in total. The van der Waals surface area contributed by atoms with Crippen molar-refractivity contribution in [1.29, 1.82) is 0 Å². The molecule has 1 aromatic heterocycles. The van der Waals surface area contributed by atoms with Crippen molar-refractivity contribution in [3.8, 4) is 0 Å². The number of amides is 1. The van der Waals surface area contributed by atoms with Gasteiger partial charge in [-0.2, -0.15) is 0 Å². The van der Waals surface area contributed by atoms with E-state index in [1.807, 2.05) is 31.2 Å². The van der Waals surface area contributed by atoms with Crippen LogP contribution in [0.3, 0.4) is 0 Å². The summed E-state index contributed by atoms with van der Waals surface area (Å²) in [6.07, 6.45) is 2.39. The summed E-state index contributed by atoms with van der Waals surface area (Å²) in [4.78, 5) is 16.2. The lowest BCUT2D eigenvalue weighted by Gasteiger charge is -2.12. The molecule has 27 heavy (non-hydrogen) atoms. The summed E-state index contributed by atoms with van der Waals surface area (Å²) in [5.74, 6) is 0.739. The van der Waals surface area contributed by atoms with E-state index in [9.17, 15) is 4.79 Å². The smallest absolute Gasteiger partial charge is 0.291 e. The Bertz CT molecular complexity index is 705. The van der Waals surface area contributed by atoms with Gasteiger partial charge in [0.25, 0.3) is 5.91 Å².